The molecule has 0 bridgehead atoms. The molecule has 1 amide bonds. The van der Waals surface area contributed by atoms with Gasteiger partial charge in [0.1, 0.15) is 0 Å². The highest BCUT2D eigenvalue weighted by molar-refractivity contribution is 7.99. The molecule has 1 N–H and O–H groups in total. The molecule has 0 spiro atoms. The molecule has 0 fully saturated rings. The molecular formula is C29H29N3O3S. The summed E-state index contributed by atoms with van der Waals surface area (Å²) in [5, 5.41) is 3.77. The minimum atomic E-state index is -0.197. The fourth-order valence-electron chi connectivity index (χ4n) is 3.83. The molecule has 1 aromatic heterocycles. The van der Waals surface area contributed by atoms with Crippen molar-refractivity contribution in [1.82, 2.24) is 14.9 Å². The van der Waals surface area contributed by atoms with Gasteiger partial charge in [0.2, 0.25) is 0 Å². The Morgan fingerprint density at radius 3 is 2.42 bits per heavy atom. The van der Waals surface area contributed by atoms with E-state index < -0.39 is 0 Å². The molecule has 1 heterocycles. The predicted molar refractivity (Wildman–Crippen MR) is 145 cm³/mol. The zero-order valence-electron chi connectivity index (χ0n) is 20.5. The van der Waals surface area contributed by atoms with Gasteiger partial charge in [0.15, 0.2) is 10.9 Å². The van der Waals surface area contributed by atoms with Gasteiger partial charge in [0, 0.05) is 24.2 Å². The highest BCUT2D eigenvalue weighted by Crippen LogP contribution is 2.21. The van der Waals surface area contributed by atoms with Crippen LogP contribution in [0.15, 0.2) is 82.7 Å². The number of thioether (sulfide) groups is 1. The summed E-state index contributed by atoms with van der Waals surface area (Å²) in [6, 6.07) is 22.4. The maximum absolute atomic E-state index is 13.5. The second-order valence-corrected chi connectivity index (χ2v) is 9.59. The van der Waals surface area contributed by atoms with Crippen molar-refractivity contribution in [2.75, 3.05) is 12.3 Å². The van der Waals surface area contributed by atoms with Crippen LogP contribution in [0.3, 0.4) is 0 Å². The highest BCUT2D eigenvalue weighted by Gasteiger charge is 2.16. The van der Waals surface area contributed by atoms with Crippen molar-refractivity contribution >= 4 is 34.4 Å². The SMILES string of the molecule is CCCNC(=O)c1ccc2c(=O)n(CCc3ccccc3)c(SCC(=O)c3ccc(C)cc3)nc2c1. The van der Waals surface area contributed by atoms with Crippen LogP contribution in [0.2, 0.25) is 0 Å². The molecule has 3 aromatic carbocycles. The molecule has 0 atom stereocenters. The van der Waals surface area contributed by atoms with Crippen molar-refractivity contribution in [3.05, 3.63) is 105 Å². The lowest BCUT2D eigenvalue weighted by molar-refractivity contribution is 0.0952. The van der Waals surface area contributed by atoms with Crippen molar-refractivity contribution in [3.8, 4) is 0 Å². The van der Waals surface area contributed by atoms with Gasteiger partial charge in [-0.3, -0.25) is 19.0 Å². The maximum Gasteiger partial charge on any atom is 0.262 e. The number of carbonyl (C=O) groups is 2. The first-order chi connectivity index (χ1) is 17.5. The number of benzene rings is 3. The van der Waals surface area contributed by atoms with Crippen LogP contribution >= 0.6 is 11.8 Å². The minimum Gasteiger partial charge on any atom is -0.352 e. The van der Waals surface area contributed by atoms with Crippen LogP contribution in [0.5, 0.6) is 0 Å². The Balaban J connectivity index is 1.67. The predicted octanol–water partition coefficient (Wildman–Crippen LogP) is 5.06. The van der Waals surface area contributed by atoms with Crippen LogP contribution in [0.1, 0.15) is 45.2 Å². The average Bonchev–Trinajstić information content (AvgIpc) is 2.90. The van der Waals surface area contributed by atoms with Crippen LogP contribution in [-0.4, -0.2) is 33.5 Å². The van der Waals surface area contributed by atoms with Crippen LogP contribution in [-0.2, 0) is 13.0 Å². The zero-order chi connectivity index (χ0) is 25.5. The Kier molecular flexibility index (Phi) is 8.33. The summed E-state index contributed by atoms with van der Waals surface area (Å²) in [4.78, 5) is 43.5. The molecule has 0 saturated heterocycles. The number of hydrogen-bond donors (Lipinski definition) is 1. The van der Waals surface area contributed by atoms with Crippen molar-refractivity contribution in [2.45, 2.75) is 38.4 Å². The lowest BCUT2D eigenvalue weighted by Crippen LogP contribution is -2.26. The smallest absolute Gasteiger partial charge is 0.262 e. The molecular weight excluding hydrogens is 470 g/mol. The summed E-state index contributed by atoms with van der Waals surface area (Å²) in [6.45, 7) is 4.98. The quantitative estimate of drug-likeness (QED) is 0.187. The Morgan fingerprint density at radius 2 is 1.69 bits per heavy atom. The van der Waals surface area contributed by atoms with Crippen LogP contribution in [0, 0.1) is 6.92 Å². The number of aromatic nitrogens is 2. The van der Waals surface area contributed by atoms with Crippen molar-refractivity contribution in [1.29, 1.82) is 0 Å². The number of ketones is 1. The molecule has 0 saturated carbocycles. The summed E-state index contributed by atoms with van der Waals surface area (Å²) in [5.74, 6) is -0.0718. The summed E-state index contributed by atoms with van der Waals surface area (Å²) in [7, 11) is 0. The van der Waals surface area contributed by atoms with Gasteiger partial charge >= 0.3 is 0 Å². The van der Waals surface area contributed by atoms with E-state index in [-0.39, 0.29) is 23.0 Å². The van der Waals surface area contributed by atoms with E-state index in [0.29, 0.717) is 46.7 Å². The van der Waals surface area contributed by atoms with Gasteiger partial charge in [0.05, 0.1) is 16.7 Å². The third kappa shape index (κ3) is 6.10. The molecule has 0 radical (unpaired) electrons. The standard InChI is InChI=1S/C29H29N3O3S/c1-3-16-30-27(34)23-13-14-24-25(18-23)31-29(36-19-26(33)22-11-9-20(2)10-12-22)32(28(24)35)17-15-21-7-5-4-6-8-21/h4-14,18H,3,15-17,19H2,1-2H3,(H,30,34). The third-order valence-corrected chi connectivity index (χ3v) is 6.87. The van der Waals surface area contributed by atoms with Crippen molar-refractivity contribution in [3.63, 3.8) is 0 Å². The fraction of sp³-hybridized carbons (Fsp3) is 0.241. The van der Waals surface area contributed by atoms with E-state index in [9.17, 15) is 14.4 Å². The van der Waals surface area contributed by atoms with Gasteiger partial charge in [-0.15, -0.1) is 0 Å². The number of nitrogens with zero attached hydrogens (tertiary/aromatic N) is 2. The van der Waals surface area contributed by atoms with Crippen LogP contribution in [0.4, 0.5) is 0 Å². The molecule has 6 nitrogen and oxygen atoms in total. The molecule has 0 aliphatic carbocycles. The molecule has 36 heavy (non-hydrogen) atoms. The minimum absolute atomic E-state index is 0.0309. The number of nitrogens with one attached hydrogen (secondary N) is 1. The maximum atomic E-state index is 13.5. The number of amides is 1. The number of Topliss-reactive ketones (excluding diaryl/α,β-unsaturated/α-hetero) is 1. The molecule has 7 heteroatoms. The van der Waals surface area contributed by atoms with E-state index in [1.165, 1.54) is 11.8 Å². The van der Waals surface area contributed by atoms with E-state index in [2.05, 4.69) is 5.32 Å². The number of hydrogen-bond acceptors (Lipinski definition) is 5. The molecule has 4 aromatic rings. The summed E-state index contributed by atoms with van der Waals surface area (Å²) < 4.78 is 1.64. The van der Waals surface area contributed by atoms with Gasteiger partial charge in [-0.05, 0) is 43.5 Å². The fourth-order valence-corrected chi connectivity index (χ4v) is 4.75. The van der Waals surface area contributed by atoms with Gasteiger partial charge in [0.25, 0.3) is 11.5 Å². The normalized spacial score (nSPS) is 10.9. The summed E-state index contributed by atoms with van der Waals surface area (Å²) in [5.41, 5.74) is 3.55. The highest BCUT2D eigenvalue weighted by atomic mass is 32.2. The number of fused-ring (bicyclic) bond motifs is 1. The van der Waals surface area contributed by atoms with Crippen molar-refractivity contribution < 1.29 is 9.59 Å². The van der Waals surface area contributed by atoms with Gasteiger partial charge in [-0.25, -0.2) is 4.98 Å². The first-order valence-corrected chi connectivity index (χ1v) is 13.0. The molecule has 4 rings (SSSR count). The largest absolute Gasteiger partial charge is 0.352 e. The third-order valence-electron chi connectivity index (χ3n) is 5.89. The number of aryl methyl sites for hydroxylation is 2. The molecule has 0 aliphatic heterocycles. The average molecular weight is 500 g/mol. The first-order valence-electron chi connectivity index (χ1n) is 12.1. The summed E-state index contributed by atoms with van der Waals surface area (Å²) >= 11 is 1.25. The topological polar surface area (TPSA) is 81.1 Å². The molecule has 0 unspecified atom stereocenters. The Hall–Kier alpha value is -3.71. The molecule has 184 valence electrons. The zero-order valence-corrected chi connectivity index (χ0v) is 21.3. The Morgan fingerprint density at radius 1 is 0.972 bits per heavy atom. The van der Waals surface area contributed by atoms with E-state index in [1.807, 2.05) is 68.4 Å². The Labute approximate surface area is 214 Å². The second kappa shape index (κ2) is 11.8. The van der Waals surface area contributed by atoms with E-state index in [4.69, 9.17) is 4.98 Å². The Bertz CT molecular complexity index is 1430. The van der Waals surface area contributed by atoms with E-state index in [1.54, 1.807) is 22.8 Å². The van der Waals surface area contributed by atoms with Gasteiger partial charge in [-0.1, -0.05) is 78.8 Å². The second-order valence-electron chi connectivity index (χ2n) is 8.65. The number of rotatable bonds is 10. The van der Waals surface area contributed by atoms with E-state index in [0.717, 1.165) is 17.5 Å². The summed E-state index contributed by atoms with van der Waals surface area (Å²) in [6.07, 6.45) is 1.49. The lowest BCUT2D eigenvalue weighted by atomic mass is 10.1. The van der Waals surface area contributed by atoms with Gasteiger partial charge in [-0.2, -0.15) is 0 Å². The van der Waals surface area contributed by atoms with Crippen molar-refractivity contribution in [2.24, 2.45) is 0 Å². The van der Waals surface area contributed by atoms with E-state index >= 15 is 0 Å². The van der Waals surface area contributed by atoms with Crippen LogP contribution < -0.4 is 10.9 Å². The monoisotopic (exact) mass is 499 g/mol. The lowest BCUT2D eigenvalue weighted by Gasteiger charge is -2.14. The molecule has 0 aliphatic rings. The first kappa shape index (κ1) is 25.4. The van der Waals surface area contributed by atoms with Crippen LogP contribution in [0.25, 0.3) is 10.9 Å². The number of carbonyl (C=O) groups excluding carboxylic acids is 2. The van der Waals surface area contributed by atoms with Gasteiger partial charge < -0.3 is 5.32 Å².